The first-order chi connectivity index (χ1) is 15.3. The highest BCUT2D eigenvalue weighted by atomic mass is 32.2. The van der Waals surface area contributed by atoms with E-state index in [1.807, 2.05) is 24.0 Å². The quantitative estimate of drug-likeness (QED) is 0.562. The molecule has 3 aromatic rings. The number of carbonyl (C=O) groups excluding carboxylic acids is 1. The Balaban J connectivity index is 1.49. The Kier molecular flexibility index (Phi) is 5.35. The van der Waals surface area contributed by atoms with Crippen molar-refractivity contribution in [2.45, 2.75) is 76.7 Å². The molecule has 0 aliphatic carbocycles. The Morgan fingerprint density at radius 3 is 2.66 bits per heavy atom. The van der Waals surface area contributed by atoms with Crippen molar-refractivity contribution in [2.75, 3.05) is 5.75 Å². The van der Waals surface area contributed by atoms with E-state index in [-0.39, 0.29) is 29.6 Å². The van der Waals surface area contributed by atoms with E-state index in [9.17, 15) is 9.59 Å². The van der Waals surface area contributed by atoms with Gasteiger partial charge in [0.1, 0.15) is 5.39 Å². The summed E-state index contributed by atoms with van der Waals surface area (Å²) in [4.78, 5) is 33.5. The van der Waals surface area contributed by atoms with Crippen molar-refractivity contribution in [3.63, 3.8) is 0 Å². The second kappa shape index (κ2) is 8.06. The largest absolute Gasteiger partial charge is 0.337 e. The third-order valence-electron chi connectivity index (χ3n) is 6.84. The summed E-state index contributed by atoms with van der Waals surface area (Å²) in [5.74, 6) is 0.829. The van der Waals surface area contributed by atoms with E-state index in [0.717, 1.165) is 24.1 Å². The molecule has 0 N–H and O–H groups in total. The SMILES string of the molecule is Cc1ccc(-n2ncc3c(=O)n4c(nc32)SCC4CC(=O)N2C(C)CCCC2C)c(C)c1. The van der Waals surface area contributed by atoms with Gasteiger partial charge in [0.2, 0.25) is 5.91 Å². The molecule has 3 unspecified atom stereocenters. The molecule has 1 amide bonds. The zero-order chi connectivity index (χ0) is 22.6. The number of thioether (sulfide) groups is 1. The van der Waals surface area contributed by atoms with E-state index in [0.29, 0.717) is 28.4 Å². The van der Waals surface area contributed by atoms with Crippen LogP contribution in [0.25, 0.3) is 16.7 Å². The Labute approximate surface area is 191 Å². The zero-order valence-electron chi connectivity index (χ0n) is 19.0. The maximum Gasteiger partial charge on any atom is 0.265 e. The van der Waals surface area contributed by atoms with Crippen LogP contribution in [0.2, 0.25) is 0 Å². The predicted octanol–water partition coefficient (Wildman–Crippen LogP) is 4.03. The van der Waals surface area contributed by atoms with Crippen molar-refractivity contribution in [2.24, 2.45) is 0 Å². The van der Waals surface area contributed by atoms with Gasteiger partial charge in [0.25, 0.3) is 5.56 Å². The van der Waals surface area contributed by atoms with Gasteiger partial charge in [-0.2, -0.15) is 5.10 Å². The van der Waals surface area contributed by atoms with E-state index in [1.54, 1.807) is 27.2 Å². The van der Waals surface area contributed by atoms with Gasteiger partial charge in [-0.15, -0.1) is 0 Å². The molecule has 168 valence electrons. The van der Waals surface area contributed by atoms with Crippen LogP contribution in [0.4, 0.5) is 0 Å². The molecule has 2 aliphatic rings. The molecule has 2 aliphatic heterocycles. The smallest absolute Gasteiger partial charge is 0.265 e. The van der Waals surface area contributed by atoms with Crippen molar-refractivity contribution in [1.29, 1.82) is 0 Å². The van der Waals surface area contributed by atoms with Gasteiger partial charge in [-0.3, -0.25) is 14.2 Å². The summed E-state index contributed by atoms with van der Waals surface area (Å²) in [5.41, 5.74) is 3.65. The number of carbonyl (C=O) groups is 1. The first kappa shape index (κ1) is 21.2. The highest BCUT2D eigenvalue weighted by Gasteiger charge is 2.34. The van der Waals surface area contributed by atoms with Gasteiger partial charge in [-0.1, -0.05) is 29.5 Å². The summed E-state index contributed by atoms with van der Waals surface area (Å²) < 4.78 is 3.47. The number of amides is 1. The van der Waals surface area contributed by atoms with Crippen molar-refractivity contribution < 1.29 is 4.79 Å². The minimum Gasteiger partial charge on any atom is -0.337 e. The molecule has 1 saturated heterocycles. The number of hydrogen-bond acceptors (Lipinski definition) is 5. The van der Waals surface area contributed by atoms with Gasteiger partial charge in [0.15, 0.2) is 10.8 Å². The van der Waals surface area contributed by atoms with Gasteiger partial charge >= 0.3 is 0 Å². The second-order valence-corrected chi connectivity index (χ2v) is 10.2. The first-order valence-corrected chi connectivity index (χ1v) is 12.4. The lowest BCUT2D eigenvalue weighted by molar-refractivity contribution is -0.138. The van der Waals surface area contributed by atoms with Gasteiger partial charge in [0, 0.05) is 24.3 Å². The van der Waals surface area contributed by atoms with Gasteiger partial charge < -0.3 is 4.90 Å². The van der Waals surface area contributed by atoms with Crippen LogP contribution in [-0.2, 0) is 4.79 Å². The van der Waals surface area contributed by atoms with Crippen LogP contribution in [0, 0.1) is 13.8 Å². The molecule has 1 fully saturated rings. The normalized spacial score (nSPS) is 23.0. The Bertz CT molecular complexity index is 1250. The molecule has 1 aromatic carbocycles. The first-order valence-electron chi connectivity index (χ1n) is 11.4. The van der Waals surface area contributed by atoms with Crippen LogP contribution < -0.4 is 5.56 Å². The summed E-state index contributed by atoms with van der Waals surface area (Å²) in [6.07, 6.45) is 5.21. The molecule has 32 heavy (non-hydrogen) atoms. The maximum atomic E-state index is 13.4. The zero-order valence-corrected chi connectivity index (χ0v) is 19.9. The second-order valence-electron chi connectivity index (χ2n) is 9.25. The maximum absolute atomic E-state index is 13.4. The highest BCUT2D eigenvalue weighted by molar-refractivity contribution is 7.99. The fraction of sp³-hybridized carbons (Fsp3) is 0.500. The number of likely N-dealkylation sites (tertiary alicyclic amines) is 1. The lowest BCUT2D eigenvalue weighted by Crippen LogP contribution is -2.48. The van der Waals surface area contributed by atoms with Crippen LogP contribution in [0.3, 0.4) is 0 Å². The number of rotatable bonds is 3. The predicted molar refractivity (Wildman–Crippen MR) is 127 cm³/mol. The Morgan fingerprint density at radius 2 is 1.94 bits per heavy atom. The van der Waals surface area contributed by atoms with Gasteiger partial charge in [0.05, 0.1) is 17.9 Å². The van der Waals surface area contributed by atoms with E-state index < -0.39 is 0 Å². The highest BCUT2D eigenvalue weighted by Crippen LogP contribution is 2.35. The van der Waals surface area contributed by atoms with Crippen molar-refractivity contribution in [1.82, 2.24) is 24.2 Å². The van der Waals surface area contributed by atoms with Crippen LogP contribution in [0.5, 0.6) is 0 Å². The molecule has 7 nitrogen and oxygen atoms in total. The minimum absolute atomic E-state index is 0.108. The van der Waals surface area contributed by atoms with E-state index in [1.165, 1.54) is 12.0 Å². The summed E-state index contributed by atoms with van der Waals surface area (Å²) >= 11 is 1.55. The fourth-order valence-electron chi connectivity index (χ4n) is 5.22. The molecule has 4 heterocycles. The van der Waals surface area contributed by atoms with Crippen molar-refractivity contribution in [3.05, 3.63) is 45.9 Å². The van der Waals surface area contributed by atoms with E-state index >= 15 is 0 Å². The summed E-state index contributed by atoms with van der Waals surface area (Å²) in [7, 11) is 0. The average molecular weight is 452 g/mol. The number of nitrogens with zero attached hydrogens (tertiary/aromatic N) is 5. The number of aryl methyl sites for hydroxylation is 2. The molecule has 0 saturated carbocycles. The molecular weight excluding hydrogens is 422 g/mol. The van der Waals surface area contributed by atoms with Crippen LogP contribution in [0.1, 0.15) is 56.7 Å². The molecule has 2 aromatic heterocycles. The summed E-state index contributed by atoms with van der Waals surface area (Å²) in [6, 6.07) is 6.50. The number of hydrogen-bond donors (Lipinski definition) is 0. The Hall–Kier alpha value is -2.61. The van der Waals surface area contributed by atoms with Crippen molar-refractivity contribution in [3.8, 4) is 5.69 Å². The molecule has 3 atom stereocenters. The summed E-state index contributed by atoms with van der Waals surface area (Å²) in [5, 5.41) is 5.66. The van der Waals surface area contributed by atoms with Gasteiger partial charge in [-0.25, -0.2) is 9.67 Å². The van der Waals surface area contributed by atoms with Crippen LogP contribution >= 0.6 is 11.8 Å². The fourth-order valence-corrected chi connectivity index (χ4v) is 6.35. The van der Waals surface area contributed by atoms with Gasteiger partial charge in [-0.05, 0) is 58.6 Å². The Morgan fingerprint density at radius 1 is 1.19 bits per heavy atom. The lowest BCUT2D eigenvalue weighted by atomic mass is 9.96. The number of benzene rings is 1. The molecule has 0 spiro atoms. The molecule has 8 heteroatoms. The van der Waals surface area contributed by atoms with E-state index in [4.69, 9.17) is 4.98 Å². The molecule has 5 rings (SSSR count). The van der Waals surface area contributed by atoms with Crippen LogP contribution in [-0.4, -0.2) is 48.0 Å². The number of piperidine rings is 1. The minimum atomic E-state index is -0.169. The standard InChI is InChI=1S/C24H29N5O2S/c1-14-8-9-20(15(2)10-14)29-22-19(12-25-29)23(31)28-18(13-32-24(28)26-22)11-21(30)27-16(3)6-5-7-17(27)4/h8-10,12,16-18H,5-7,11,13H2,1-4H3. The third-order valence-corrected chi connectivity index (χ3v) is 7.94. The topological polar surface area (TPSA) is 73.0 Å². The van der Waals surface area contributed by atoms with E-state index in [2.05, 4.69) is 31.9 Å². The number of aromatic nitrogens is 4. The average Bonchev–Trinajstić information content (AvgIpc) is 3.33. The lowest BCUT2D eigenvalue weighted by Gasteiger charge is -2.39. The van der Waals surface area contributed by atoms with Crippen molar-refractivity contribution >= 4 is 28.7 Å². The molecule has 0 bridgehead atoms. The van der Waals surface area contributed by atoms with Crippen LogP contribution in [0.15, 0.2) is 34.3 Å². The number of fused-ring (bicyclic) bond motifs is 2. The third kappa shape index (κ3) is 3.45. The molecular formula is C24H29N5O2S. The molecule has 0 radical (unpaired) electrons. The summed E-state index contributed by atoms with van der Waals surface area (Å²) in [6.45, 7) is 8.35. The monoisotopic (exact) mass is 451 g/mol.